The van der Waals surface area contributed by atoms with Gasteiger partial charge in [0.1, 0.15) is 17.7 Å². The van der Waals surface area contributed by atoms with Crippen LogP contribution in [0, 0.1) is 11.6 Å². The fourth-order valence-electron chi connectivity index (χ4n) is 7.06. The van der Waals surface area contributed by atoms with E-state index in [-0.39, 0.29) is 78.7 Å². The zero-order valence-corrected chi connectivity index (χ0v) is 30.0. The average Bonchev–Trinajstić information content (AvgIpc) is 3.92. The van der Waals surface area contributed by atoms with Crippen LogP contribution in [0.15, 0.2) is 54.7 Å². The van der Waals surface area contributed by atoms with E-state index in [1.807, 2.05) is 0 Å². The number of hydrogen-bond donors (Lipinski definition) is 5. The lowest BCUT2D eigenvalue weighted by Gasteiger charge is -2.29. The Morgan fingerprint density at radius 1 is 0.891 bits per heavy atom. The number of unbranched alkanes of at least 4 members (excludes halogenated alkanes) is 1. The summed E-state index contributed by atoms with van der Waals surface area (Å²) in [5.41, 5.74) is 2.97. The Bertz CT molecular complexity index is 2260. The first-order chi connectivity index (χ1) is 26.5. The van der Waals surface area contributed by atoms with Crippen molar-refractivity contribution in [3.8, 4) is 11.1 Å². The Morgan fingerprint density at radius 2 is 1.67 bits per heavy atom. The number of carbonyl (C=O) groups is 6. The van der Waals surface area contributed by atoms with Gasteiger partial charge in [-0.25, -0.2) is 8.78 Å². The number of amides is 6. The van der Waals surface area contributed by atoms with E-state index in [9.17, 15) is 28.8 Å². The molecular weight excluding hydrogens is 712 g/mol. The second-order valence-electron chi connectivity index (χ2n) is 13.9. The van der Waals surface area contributed by atoms with E-state index < -0.39 is 29.5 Å². The number of imide groups is 1. The Hall–Kier alpha value is -6.25. The number of fused-ring (bicyclic) bond motifs is 2. The Balaban J connectivity index is 0.898. The molecule has 2 fully saturated rings. The molecule has 0 spiro atoms. The number of rotatable bonds is 13. The molecule has 1 unspecified atom stereocenters. The van der Waals surface area contributed by atoms with Crippen molar-refractivity contribution in [3.63, 3.8) is 0 Å². The van der Waals surface area contributed by atoms with Crippen molar-refractivity contribution < 1.29 is 37.5 Å². The first-order valence-corrected chi connectivity index (χ1v) is 18.2. The number of benzene rings is 3. The summed E-state index contributed by atoms with van der Waals surface area (Å²) in [5, 5.41) is 14.2. The van der Waals surface area contributed by atoms with Crippen LogP contribution in [0.2, 0.25) is 0 Å². The van der Waals surface area contributed by atoms with Gasteiger partial charge in [-0.1, -0.05) is 18.2 Å². The summed E-state index contributed by atoms with van der Waals surface area (Å²) in [7, 11) is 1.65. The molecule has 1 saturated carbocycles. The summed E-state index contributed by atoms with van der Waals surface area (Å²) < 4.78 is 30.5. The molecule has 1 saturated heterocycles. The highest BCUT2D eigenvalue weighted by molar-refractivity contribution is 6.08. The van der Waals surface area contributed by atoms with Crippen LogP contribution in [0.4, 0.5) is 14.5 Å². The molecule has 1 aliphatic carbocycles. The third-order valence-electron chi connectivity index (χ3n) is 10.1. The van der Waals surface area contributed by atoms with Crippen LogP contribution >= 0.6 is 0 Å². The minimum Gasteiger partial charge on any atom is -0.387 e. The number of nitrogens with zero attached hydrogens (tertiary/aromatic N) is 2. The van der Waals surface area contributed by atoms with Gasteiger partial charge in [0.25, 0.3) is 17.7 Å². The molecule has 13 nitrogen and oxygen atoms in total. The molecule has 1 aromatic heterocycles. The number of carbonyl (C=O) groups excluding carboxylic acids is 6. The van der Waals surface area contributed by atoms with E-state index in [4.69, 9.17) is 0 Å². The van der Waals surface area contributed by atoms with Gasteiger partial charge in [-0.15, -0.1) is 0 Å². The van der Waals surface area contributed by atoms with E-state index in [1.54, 1.807) is 25.2 Å². The topological polar surface area (TPSA) is 179 Å². The van der Waals surface area contributed by atoms with E-state index in [0.717, 1.165) is 18.9 Å². The minimum absolute atomic E-state index is 0.0286. The largest absolute Gasteiger partial charge is 0.387 e. The summed E-state index contributed by atoms with van der Waals surface area (Å²) in [6.45, 7) is 0.712. The molecule has 284 valence electrons. The molecule has 15 heteroatoms. The normalized spacial score (nSPS) is 16.5. The summed E-state index contributed by atoms with van der Waals surface area (Å²) in [4.78, 5) is 81.2. The van der Waals surface area contributed by atoms with E-state index in [2.05, 4.69) is 31.6 Å². The maximum Gasteiger partial charge on any atom is 0.255 e. The third-order valence-corrected chi connectivity index (χ3v) is 10.1. The van der Waals surface area contributed by atoms with Crippen molar-refractivity contribution in [1.29, 1.82) is 0 Å². The van der Waals surface area contributed by atoms with Gasteiger partial charge in [0.15, 0.2) is 0 Å². The molecule has 7 rings (SSSR count). The molecule has 5 N–H and O–H groups in total. The van der Waals surface area contributed by atoms with Gasteiger partial charge in [0.05, 0.1) is 28.8 Å². The first-order valence-electron chi connectivity index (χ1n) is 18.2. The van der Waals surface area contributed by atoms with Gasteiger partial charge in [-0.3, -0.25) is 39.1 Å². The molecule has 1 atom stereocenters. The van der Waals surface area contributed by atoms with Crippen molar-refractivity contribution in [2.24, 2.45) is 0 Å². The van der Waals surface area contributed by atoms with Crippen LogP contribution < -0.4 is 26.6 Å². The molecule has 3 aromatic carbocycles. The molecule has 2 aliphatic heterocycles. The monoisotopic (exact) mass is 751 g/mol. The second kappa shape index (κ2) is 15.6. The Kier molecular flexibility index (Phi) is 10.5. The lowest BCUT2D eigenvalue weighted by Crippen LogP contribution is -2.52. The van der Waals surface area contributed by atoms with Gasteiger partial charge in [0.2, 0.25) is 17.7 Å². The predicted molar refractivity (Wildman–Crippen MR) is 198 cm³/mol. The number of pyridine rings is 1. The standard InChI is InChI=1S/C40H39F2N7O6/c1-43-36-27-17-26(31(42)18-32(27)46-19-28(36)38(53)47-23-8-9-23)22-7-10-25(30(41)15-22)37(52)45-14-3-2-13-44-35(51)16-21-5-4-6-24-29(21)20-49(40(24)55)33-11-12-34(50)48-39(33)54/h4-7,10,15,17-19,23,33H,2-3,8-9,11-14,16,20H2,1H3,(H,43,46)(H,44,51)(H,45,52)(H,47,53)(H,48,50,54). The molecule has 0 bridgehead atoms. The summed E-state index contributed by atoms with van der Waals surface area (Å²) >= 11 is 0. The van der Waals surface area contributed by atoms with Crippen molar-refractivity contribution in [3.05, 3.63) is 94.2 Å². The van der Waals surface area contributed by atoms with Crippen LogP contribution in [-0.4, -0.2) is 77.5 Å². The van der Waals surface area contributed by atoms with Crippen molar-refractivity contribution in [2.75, 3.05) is 25.5 Å². The number of anilines is 1. The van der Waals surface area contributed by atoms with Crippen molar-refractivity contribution in [2.45, 2.75) is 63.6 Å². The maximum atomic E-state index is 15.3. The quantitative estimate of drug-likeness (QED) is 0.101. The Labute approximate surface area is 314 Å². The van der Waals surface area contributed by atoms with Crippen molar-refractivity contribution in [1.82, 2.24) is 31.2 Å². The van der Waals surface area contributed by atoms with Gasteiger partial charge in [0, 0.05) is 67.9 Å². The van der Waals surface area contributed by atoms with E-state index in [0.29, 0.717) is 58.2 Å². The molecular formula is C40H39F2N7O6. The highest BCUT2D eigenvalue weighted by Crippen LogP contribution is 2.34. The number of nitrogens with one attached hydrogen (secondary N) is 5. The summed E-state index contributed by atoms with van der Waals surface area (Å²) in [6, 6.07) is 11.1. The maximum absolute atomic E-state index is 15.3. The van der Waals surface area contributed by atoms with Gasteiger partial charge < -0.3 is 26.2 Å². The first kappa shape index (κ1) is 37.1. The molecule has 3 heterocycles. The van der Waals surface area contributed by atoms with Gasteiger partial charge in [-0.05, 0) is 73.1 Å². The van der Waals surface area contributed by atoms with Gasteiger partial charge >= 0.3 is 0 Å². The van der Waals surface area contributed by atoms with Crippen molar-refractivity contribution >= 4 is 52.0 Å². The fourth-order valence-corrected chi connectivity index (χ4v) is 7.06. The molecule has 3 aliphatic rings. The SMILES string of the molecule is CNc1c(C(=O)NC2CC2)cnc2cc(F)c(-c3ccc(C(=O)NCCCCNC(=O)Cc4cccc5c4CN(C4CCC(=O)NC4=O)C5=O)c(F)c3)cc12. The fraction of sp³-hybridized carbons (Fsp3) is 0.325. The summed E-state index contributed by atoms with van der Waals surface area (Å²) in [5.74, 6) is -3.83. The van der Waals surface area contributed by atoms with Gasteiger partial charge in [-0.2, -0.15) is 0 Å². The van der Waals surface area contributed by atoms with E-state index in [1.165, 1.54) is 35.4 Å². The number of halogens is 2. The molecule has 6 amide bonds. The zero-order valence-electron chi connectivity index (χ0n) is 30.0. The van der Waals surface area contributed by atoms with Crippen LogP contribution in [0.1, 0.15) is 80.7 Å². The second-order valence-corrected chi connectivity index (χ2v) is 13.9. The molecule has 0 radical (unpaired) electrons. The number of aromatic nitrogens is 1. The number of hydrogen-bond acceptors (Lipinski definition) is 8. The Morgan fingerprint density at radius 3 is 2.40 bits per heavy atom. The van der Waals surface area contributed by atoms with Crippen LogP contribution in [0.3, 0.4) is 0 Å². The number of piperidine rings is 1. The average molecular weight is 752 g/mol. The van der Waals surface area contributed by atoms with Crippen LogP contribution in [0.5, 0.6) is 0 Å². The molecule has 4 aromatic rings. The van der Waals surface area contributed by atoms with E-state index >= 15 is 8.78 Å². The highest BCUT2D eigenvalue weighted by atomic mass is 19.1. The minimum atomic E-state index is -0.833. The zero-order chi connectivity index (χ0) is 38.8. The van der Waals surface area contributed by atoms with Crippen LogP contribution in [-0.2, 0) is 27.3 Å². The molecule has 55 heavy (non-hydrogen) atoms. The lowest BCUT2D eigenvalue weighted by atomic mass is 9.99. The lowest BCUT2D eigenvalue weighted by molar-refractivity contribution is -0.137. The highest BCUT2D eigenvalue weighted by Gasteiger charge is 2.40. The summed E-state index contributed by atoms with van der Waals surface area (Å²) in [6.07, 6.45) is 4.67. The predicted octanol–water partition coefficient (Wildman–Crippen LogP) is 3.74. The third kappa shape index (κ3) is 7.86. The van der Waals surface area contributed by atoms with Crippen LogP contribution in [0.25, 0.3) is 22.0 Å². The smallest absolute Gasteiger partial charge is 0.255 e.